The lowest BCUT2D eigenvalue weighted by Gasteiger charge is -2.32. The van der Waals surface area contributed by atoms with Gasteiger partial charge in [-0.25, -0.2) is 0 Å². The van der Waals surface area contributed by atoms with Crippen LogP contribution in [0.4, 0.5) is 0 Å². The molecule has 0 spiro atoms. The van der Waals surface area contributed by atoms with Crippen molar-refractivity contribution in [1.29, 1.82) is 0 Å². The molecule has 2 N–H and O–H groups in total. The van der Waals surface area contributed by atoms with Crippen LogP contribution in [-0.2, 0) is 0 Å². The molecule has 1 aliphatic heterocycles. The van der Waals surface area contributed by atoms with Gasteiger partial charge in [0.2, 0.25) is 0 Å². The molecule has 2 unspecified atom stereocenters. The summed E-state index contributed by atoms with van der Waals surface area (Å²) in [5.74, 6) is 0.605. The molecule has 18 heavy (non-hydrogen) atoms. The lowest BCUT2D eigenvalue weighted by Crippen LogP contribution is -2.33. The van der Waals surface area contributed by atoms with Gasteiger partial charge >= 0.3 is 0 Å². The maximum Gasteiger partial charge on any atom is 0.0394 e. The SMILES string of the molecule is Cc1ccc(C2C(CN)CCN2C(C)C)c(C)c1. The van der Waals surface area contributed by atoms with E-state index >= 15 is 0 Å². The summed E-state index contributed by atoms with van der Waals surface area (Å²) in [6.07, 6.45) is 1.23. The summed E-state index contributed by atoms with van der Waals surface area (Å²) in [6, 6.07) is 7.92. The van der Waals surface area contributed by atoms with Gasteiger partial charge in [-0.3, -0.25) is 4.90 Å². The second-order valence-corrected chi connectivity index (χ2v) is 5.92. The van der Waals surface area contributed by atoms with Gasteiger partial charge in [-0.2, -0.15) is 0 Å². The average Bonchev–Trinajstić information content (AvgIpc) is 2.72. The molecule has 0 bridgehead atoms. The predicted molar refractivity (Wildman–Crippen MR) is 77.7 cm³/mol. The second kappa shape index (κ2) is 5.41. The Morgan fingerprint density at radius 3 is 2.61 bits per heavy atom. The van der Waals surface area contributed by atoms with E-state index in [0.29, 0.717) is 18.0 Å². The highest BCUT2D eigenvalue weighted by Crippen LogP contribution is 2.39. The smallest absolute Gasteiger partial charge is 0.0394 e. The summed E-state index contributed by atoms with van der Waals surface area (Å²) in [7, 11) is 0. The van der Waals surface area contributed by atoms with Gasteiger partial charge in [0.15, 0.2) is 0 Å². The zero-order chi connectivity index (χ0) is 13.3. The summed E-state index contributed by atoms with van der Waals surface area (Å²) in [6.45, 7) is 10.9. The highest BCUT2D eigenvalue weighted by molar-refractivity contribution is 5.34. The van der Waals surface area contributed by atoms with E-state index in [1.54, 1.807) is 0 Å². The van der Waals surface area contributed by atoms with Crippen LogP contribution in [0, 0.1) is 19.8 Å². The Hall–Kier alpha value is -0.860. The number of nitrogens with two attached hydrogens (primary N) is 1. The quantitative estimate of drug-likeness (QED) is 0.888. The first-order chi connectivity index (χ1) is 8.54. The molecule has 1 aromatic carbocycles. The number of aryl methyl sites for hydroxylation is 2. The van der Waals surface area contributed by atoms with Crippen molar-refractivity contribution in [2.24, 2.45) is 11.7 Å². The van der Waals surface area contributed by atoms with E-state index in [1.165, 1.54) is 29.7 Å². The summed E-state index contributed by atoms with van der Waals surface area (Å²) in [4.78, 5) is 2.61. The van der Waals surface area contributed by atoms with Crippen molar-refractivity contribution in [1.82, 2.24) is 4.90 Å². The number of hydrogen-bond acceptors (Lipinski definition) is 2. The lowest BCUT2D eigenvalue weighted by atomic mass is 9.90. The van der Waals surface area contributed by atoms with Gasteiger partial charge < -0.3 is 5.73 Å². The van der Waals surface area contributed by atoms with Crippen molar-refractivity contribution < 1.29 is 0 Å². The molecule has 0 saturated carbocycles. The van der Waals surface area contributed by atoms with E-state index in [9.17, 15) is 0 Å². The van der Waals surface area contributed by atoms with Crippen LogP contribution in [0.3, 0.4) is 0 Å². The van der Waals surface area contributed by atoms with Gasteiger partial charge in [0.05, 0.1) is 0 Å². The van der Waals surface area contributed by atoms with Gasteiger partial charge in [0.1, 0.15) is 0 Å². The average molecular weight is 246 g/mol. The van der Waals surface area contributed by atoms with Crippen LogP contribution >= 0.6 is 0 Å². The Kier molecular flexibility index (Phi) is 4.08. The monoisotopic (exact) mass is 246 g/mol. The van der Waals surface area contributed by atoms with Crippen molar-refractivity contribution in [3.8, 4) is 0 Å². The molecule has 1 heterocycles. The maximum absolute atomic E-state index is 5.98. The zero-order valence-corrected chi connectivity index (χ0v) is 12.1. The van der Waals surface area contributed by atoms with Crippen molar-refractivity contribution in [3.05, 3.63) is 34.9 Å². The molecule has 0 aromatic heterocycles. The van der Waals surface area contributed by atoms with Crippen LogP contribution in [0.25, 0.3) is 0 Å². The minimum absolute atomic E-state index is 0.510. The van der Waals surface area contributed by atoms with Crippen LogP contribution < -0.4 is 5.73 Å². The fraction of sp³-hybridized carbons (Fsp3) is 0.625. The summed E-state index contributed by atoms with van der Waals surface area (Å²) < 4.78 is 0. The molecule has 2 rings (SSSR count). The number of benzene rings is 1. The van der Waals surface area contributed by atoms with E-state index in [1.807, 2.05) is 0 Å². The Morgan fingerprint density at radius 2 is 2.06 bits per heavy atom. The fourth-order valence-electron chi connectivity index (χ4n) is 3.30. The molecule has 1 aliphatic rings. The molecule has 2 nitrogen and oxygen atoms in total. The lowest BCUT2D eigenvalue weighted by molar-refractivity contribution is 0.184. The minimum atomic E-state index is 0.510. The van der Waals surface area contributed by atoms with E-state index in [4.69, 9.17) is 5.73 Å². The first kappa shape index (κ1) is 13.6. The first-order valence-corrected chi connectivity index (χ1v) is 7.07. The standard InChI is InChI=1S/C16H26N2/c1-11(2)18-8-7-14(10-17)16(18)15-6-5-12(3)9-13(15)4/h5-6,9,11,14,16H,7-8,10,17H2,1-4H3. The summed E-state index contributed by atoms with van der Waals surface area (Å²) >= 11 is 0. The van der Waals surface area contributed by atoms with E-state index in [-0.39, 0.29) is 0 Å². The van der Waals surface area contributed by atoms with Crippen LogP contribution in [0.5, 0.6) is 0 Å². The number of rotatable bonds is 3. The van der Waals surface area contributed by atoms with Gasteiger partial charge in [0, 0.05) is 12.1 Å². The molecular weight excluding hydrogens is 220 g/mol. The van der Waals surface area contributed by atoms with E-state index in [0.717, 1.165) is 6.54 Å². The van der Waals surface area contributed by atoms with Gasteiger partial charge in [-0.15, -0.1) is 0 Å². The van der Waals surface area contributed by atoms with Crippen LogP contribution in [0.15, 0.2) is 18.2 Å². The second-order valence-electron chi connectivity index (χ2n) is 5.92. The molecule has 2 atom stereocenters. The third-order valence-corrected chi connectivity index (χ3v) is 4.27. The highest BCUT2D eigenvalue weighted by Gasteiger charge is 2.36. The molecular formula is C16H26N2. The number of hydrogen-bond donors (Lipinski definition) is 1. The molecule has 0 aliphatic carbocycles. The predicted octanol–water partition coefficient (Wildman–Crippen LogP) is 3.03. The third-order valence-electron chi connectivity index (χ3n) is 4.27. The number of nitrogens with zero attached hydrogens (tertiary/aromatic N) is 1. The molecule has 1 fully saturated rings. The maximum atomic E-state index is 5.98. The third kappa shape index (κ3) is 2.45. The van der Waals surface area contributed by atoms with Crippen molar-refractivity contribution >= 4 is 0 Å². The Morgan fingerprint density at radius 1 is 1.33 bits per heavy atom. The summed E-state index contributed by atoms with van der Waals surface area (Å²) in [5.41, 5.74) is 10.2. The van der Waals surface area contributed by atoms with Crippen LogP contribution in [0.2, 0.25) is 0 Å². The van der Waals surface area contributed by atoms with Gasteiger partial charge in [-0.1, -0.05) is 23.8 Å². The van der Waals surface area contributed by atoms with E-state index in [2.05, 4.69) is 50.8 Å². The van der Waals surface area contributed by atoms with E-state index < -0.39 is 0 Å². The highest BCUT2D eigenvalue weighted by atomic mass is 15.2. The first-order valence-electron chi connectivity index (χ1n) is 7.07. The largest absolute Gasteiger partial charge is 0.330 e. The molecule has 1 aromatic rings. The fourth-order valence-corrected chi connectivity index (χ4v) is 3.30. The molecule has 1 saturated heterocycles. The van der Waals surface area contributed by atoms with Crippen LogP contribution in [0.1, 0.15) is 43.0 Å². The van der Waals surface area contributed by atoms with Gasteiger partial charge in [0.25, 0.3) is 0 Å². The summed E-state index contributed by atoms with van der Waals surface area (Å²) in [5, 5.41) is 0. The Labute approximate surface area is 111 Å². The normalized spacial score (nSPS) is 25.0. The molecule has 2 heteroatoms. The van der Waals surface area contributed by atoms with Crippen molar-refractivity contribution in [2.45, 2.75) is 46.2 Å². The molecule has 0 radical (unpaired) electrons. The van der Waals surface area contributed by atoms with Gasteiger partial charge in [-0.05, 0) is 64.3 Å². The molecule has 0 amide bonds. The van der Waals surface area contributed by atoms with Crippen molar-refractivity contribution in [2.75, 3.05) is 13.1 Å². The van der Waals surface area contributed by atoms with Crippen molar-refractivity contribution in [3.63, 3.8) is 0 Å². The zero-order valence-electron chi connectivity index (χ0n) is 12.1. The minimum Gasteiger partial charge on any atom is -0.330 e. The molecule has 100 valence electrons. The topological polar surface area (TPSA) is 29.3 Å². The Bertz CT molecular complexity index is 412. The van der Waals surface area contributed by atoms with Crippen LogP contribution in [-0.4, -0.2) is 24.0 Å². The number of likely N-dealkylation sites (tertiary alicyclic amines) is 1. The Balaban J connectivity index is 2.37.